The predicted octanol–water partition coefficient (Wildman–Crippen LogP) is 2.40. The molecule has 0 atom stereocenters. The number of nitrogens with zero attached hydrogens (tertiary/aromatic N) is 1. The van der Waals surface area contributed by atoms with Crippen molar-refractivity contribution in [2.75, 3.05) is 0 Å². The molecule has 0 unspecified atom stereocenters. The van der Waals surface area contributed by atoms with Gasteiger partial charge in [0.05, 0.1) is 0 Å². The molecule has 0 aromatic rings. The Morgan fingerprint density at radius 3 is 1.79 bits per heavy atom. The molecule has 86 valence electrons. The highest BCUT2D eigenvalue weighted by Crippen LogP contribution is 2.22. The van der Waals surface area contributed by atoms with Gasteiger partial charge in [-0.1, -0.05) is 25.6 Å². The minimum absolute atomic E-state index is 1.03. The lowest BCUT2D eigenvalue weighted by molar-refractivity contribution is 0.392. The Morgan fingerprint density at radius 2 is 1.50 bits per heavy atom. The third-order valence-corrected chi connectivity index (χ3v) is 13.5. The summed E-state index contributed by atoms with van der Waals surface area (Å²) in [5, 5.41) is 0. The molecule has 0 aliphatic heterocycles. The van der Waals surface area contributed by atoms with Crippen LogP contribution in [0.2, 0.25) is 39.3 Å². The maximum Gasteiger partial charge on any atom is 0.311 e. The zero-order valence-corrected chi connectivity index (χ0v) is 14.7. The fourth-order valence-corrected chi connectivity index (χ4v) is 12.3. The molecule has 0 fully saturated rings. The Morgan fingerprint density at radius 1 is 1.07 bits per heavy atom. The van der Waals surface area contributed by atoms with Gasteiger partial charge < -0.3 is 8.23 Å². The largest absolute Gasteiger partial charge is 0.440 e. The van der Waals surface area contributed by atoms with Crippen LogP contribution in [0.25, 0.3) is 0 Å². The molecule has 0 heterocycles. The maximum absolute atomic E-state index is 6.06. The molecule has 0 aliphatic carbocycles. The summed E-state index contributed by atoms with van der Waals surface area (Å²) in [7, 11) is -4.97. The van der Waals surface area contributed by atoms with Crippen molar-refractivity contribution in [3.63, 3.8) is 0 Å². The van der Waals surface area contributed by atoms with Crippen molar-refractivity contribution >= 4 is 51.7 Å². The third-order valence-electron chi connectivity index (χ3n) is 1.50. The van der Waals surface area contributed by atoms with Crippen molar-refractivity contribution in [2.45, 2.75) is 39.3 Å². The Labute approximate surface area is 102 Å². The molecule has 0 saturated heterocycles. The highest BCUT2D eigenvalue weighted by molar-refractivity contribution is 7.96. The first-order chi connectivity index (χ1) is 6.07. The van der Waals surface area contributed by atoms with Gasteiger partial charge in [0.15, 0.2) is 9.04 Å². The van der Waals surface area contributed by atoms with Crippen LogP contribution in [0.3, 0.4) is 0 Å². The summed E-state index contributed by atoms with van der Waals surface area (Å²) in [6.45, 7) is 12.6. The van der Waals surface area contributed by atoms with Gasteiger partial charge in [-0.3, -0.25) is 0 Å². The van der Waals surface area contributed by atoms with Crippen LogP contribution in [0.1, 0.15) is 0 Å². The molecule has 0 rings (SSSR count). The Hall–Kier alpha value is 1.23. The second-order valence-corrected chi connectivity index (χ2v) is 16.3. The van der Waals surface area contributed by atoms with Crippen molar-refractivity contribution in [3.05, 3.63) is 0 Å². The fraction of sp³-hybridized carbons (Fsp3) is 1.00. The van der Waals surface area contributed by atoms with Gasteiger partial charge in [0.1, 0.15) is 0 Å². The monoisotopic (exact) mass is 287 g/mol. The smallest absolute Gasteiger partial charge is 0.311 e. The number of hydrogen-bond acceptors (Lipinski definition) is 5. The molecule has 0 N–H and O–H groups in total. The lowest BCUT2D eigenvalue weighted by Gasteiger charge is -2.36. The second kappa shape index (κ2) is 5.53. The topological polar surface area (TPSA) is 21.7 Å². The summed E-state index contributed by atoms with van der Waals surface area (Å²) in [6.07, 6.45) is 0. The molecular weight excluding hydrogens is 266 g/mol. The van der Waals surface area contributed by atoms with Crippen LogP contribution in [0.15, 0.2) is 0 Å². The van der Waals surface area contributed by atoms with E-state index in [4.69, 9.17) is 8.23 Å². The quantitative estimate of drug-likeness (QED) is 0.599. The van der Waals surface area contributed by atoms with Crippen LogP contribution in [-0.2, 0) is 8.23 Å². The number of hydrogen-bond donors (Lipinski definition) is 2. The third kappa shape index (κ3) is 5.95. The van der Waals surface area contributed by atoms with Crippen molar-refractivity contribution in [2.24, 2.45) is 0 Å². The molecule has 8 heteroatoms. The molecule has 0 aromatic carbocycles. The second-order valence-electron chi connectivity index (χ2n) is 4.40. The molecule has 0 aromatic heterocycles. The molecule has 3 nitrogen and oxygen atoms in total. The van der Waals surface area contributed by atoms with E-state index in [-0.39, 0.29) is 0 Å². The Bertz CT molecular complexity index is 190. The summed E-state index contributed by atoms with van der Waals surface area (Å²) in [5.41, 5.74) is 0. The van der Waals surface area contributed by atoms with Gasteiger partial charge in [0.25, 0.3) is 8.48 Å². The summed E-state index contributed by atoms with van der Waals surface area (Å²) < 4.78 is 13.6. The highest BCUT2D eigenvalue weighted by atomic mass is 32.2. The Kier molecular flexibility index (Phi) is 6.01. The molecule has 0 radical (unpaired) electrons. The van der Waals surface area contributed by atoms with Crippen LogP contribution < -0.4 is 0 Å². The van der Waals surface area contributed by atoms with Gasteiger partial charge in [0, 0.05) is 0 Å². The van der Waals surface area contributed by atoms with E-state index in [0.29, 0.717) is 0 Å². The van der Waals surface area contributed by atoms with E-state index in [2.05, 4.69) is 64.9 Å². The van der Waals surface area contributed by atoms with Gasteiger partial charge in [-0.2, -0.15) is 3.38 Å². The molecular formula is C6H21NO2S2Si3. The lowest BCUT2D eigenvalue weighted by atomic mass is 11.9. The molecule has 0 spiro atoms. The van der Waals surface area contributed by atoms with Crippen LogP contribution in [0.5, 0.6) is 0 Å². The van der Waals surface area contributed by atoms with Gasteiger partial charge >= 0.3 is 8.56 Å². The van der Waals surface area contributed by atoms with E-state index in [9.17, 15) is 0 Å². The van der Waals surface area contributed by atoms with Gasteiger partial charge in [-0.15, -0.1) is 0 Å². The number of rotatable bonds is 5. The van der Waals surface area contributed by atoms with Crippen LogP contribution in [0, 0.1) is 0 Å². The van der Waals surface area contributed by atoms with Crippen molar-refractivity contribution in [3.8, 4) is 0 Å². The van der Waals surface area contributed by atoms with E-state index >= 15 is 0 Å². The standard InChI is InChI=1S/C6H21NO2S2Si3/c1-12(2)8-14(5,6)9-13(3,4)7(10)11/h10-12H,1-6H3. The first kappa shape index (κ1) is 15.2. The first-order valence-corrected chi connectivity index (χ1v) is 13.9. The Balaban J connectivity index is 4.34. The van der Waals surface area contributed by atoms with E-state index in [1.54, 1.807) is 3.38 Å². The van der Waals surface area contributed by atoms with Crippen molar-refractivity contribution < 1.29 is 8.23 Å². The predicted molar refractivity (Wildman–Crippen MR) is 75.8 cm³/mol. The fourth-order valence-electron chi connectivity index (χ4n) is 1.23. The average molecular weight is 288 g/mol. The van der Waals surface area contributed by atoms with Gasteiger partial charge in [-0.05, 0) is 39.3 Å². The number of thiol groups is 2. The molecule has 0 saturated carbocycles. The maximum atomic E-state index is 6.06. The zero-order chi connectivity index (χ0) is 11.6. The lowest BCUT2D eigenvalue weighted by Crippen LogP contribution is -2.53. The van der Waals surface area contributed by atoms with E-state index in [1.807, 2.05) is 0 Å². The van der Waals surface area contributed by atoms with Crippen molar-refractivity contribution in [1.82, 2.24) is 3.38 Å². The normalized spacial score (nSPS) is 14.1. The van der Waals surface area contributed by atoms with E-state index in [1.165, 1.54) is 0 Å². The first-order valence-electron chi connectivity index (χ1n) is 4.63. The summed E-state index contributed by atoms with van der Waals surface area (Å²) in [5.74, 6) is 0. The summed E-state index contributed by atoms with van der Waals surface area (Å²) >= 11 is 8.39. The van der Waals surface area contributed by atoms with Gasteiger partial charge in [0.2, 0.25) is 0 Å². The minimum Gasteiger partial charge on any atom is -0.440 e. The molecule has 0 aliphatic rings. The highest BCUT2D eigenvalue weighted by Gasteiger charge is 2.38. The van der Waals surface area contributed by atoms with Crippen LogP contribution >= 0.6 is 25.6 Å². The molecule has 0 amide bonds. The van der Waals surface area contributed by atoms with Crippen LogP contribution in [-0.4, -0.2) is 29.5 Å². The van der Waals surface area contributed by atoms with E-state index < -0.39 is 26.1 Å². The minimum atomic E-state index is -1.98. The molecule has 0 bridgehead atoms. The SMILES string of the molecule is C[SiH](C)O[Si](C)(C)O[Si](C)(C)N(S)S. The zero-order valence-electron chi connectivity index (χ0n) is 9.74. The van der Waals surface area contributed by atoms with Crippen molar-refractivity contribution in [1.29, 1.82) is 0 Å². The average Bonchev–Trinajstić information content (AvgIpc) is 1.79. The van der Waals surface area contributed by atoms with Gasteiger partial charge in [-0.25, -0.2) is 0 Å². The summed E-state index contributed by atoms with van der Waals surface area (Å²) in [4.78, 5) is 0. The molecule has 14 heavy (non-hydrogen) atoms. The van der Waals surface area contributed by atoms with E-state index in [0.717, 1.165) is 0 Å². The summed E-state index contributed by atoms with van der Waals surface area (Å²) in [6, 6.07) is 0. The van der Waals surface area contributed by atoms with Crippen LogP contribution in [0.4, 0.5) is 0 Å².